The Morgan fingerprint density at radius 1 is 1.50 bits per heavy atom. The molecule has 1 heterocycles. The molecule has 0 fully saturated rings. The van der Waals surface area contributed by atoms with Crippen LogP contribution >= 0.6 is 0 Å². The fourth-order valence-electron chi connectivity index (χ4n) is 1.48. The maximum atomic E-state index is 5.86. The third kappa shape index (κ3) is 3.70. The Hall–Kier alpha value is -1.29. The molecule has 0 amide bonds. The van der Waals surface area contributed by atoms with E-state index in [1.54, 1.807) is 6.20 Å². The summed E-state index contributed by atoms with van der Waals surface area (Å²) in [5.74, 6) is 0.721. The molecule has 0 atom stereocenters. The van der Waals surface area contributed by atoms with Gasteiger partial charge in [-0.15, -0.1) is 0 Å². The number of aromatic nitrogens is 1. The number of anilines is 2. The van der Waals surface area contributed by atoms with Crippen molar-refractivity contribution >= 4 is 11.5 Å². The maximum absolute atomic E-state index is 5.86. The predicted molar refractivity (Wildman–Crippen MR) is 67.6 cm³/mol. The van der Waals surface area contributed by atoms with Crippen LogP contribution in [0.5, 0.6) is 0 Å². The van der Waals surface area contributed by atoms with Crippen LogP contribution in [0.2, 0.25) is 0 Å². The van der Waals surface area contributed by atoms with Gasteiger partial charge in [0.15, 0.2) is 0 Å². The highest BCUT2D eigenvalue weighted by Gasteiger charge is 2.17. The van der Waals surface area contributed by atoms with Crippen molar-refractivity contribution in [1.82, 2.24) is 4.98 Å². The number of nitrogens with one attached hydrogen (secondary N) is 1. The quantitative estimate of drug-likeness (QED) is 0.803. The summed E-state index contributed by atoms with van der Waals surface area (Å²) in [6, 6.07) is 1.91. The van der Waals surface area contributed by atoms with E-state index in [1.165, 1.54) is 0 Å². The molecule has 0 radical (unpaired) electrons. The molecule has 0 saturated heterocycles. The van der Waals surface area contributed by atoms with Crippen molar-refractivity contribution in [2.45, 2.75) is 33.3 Å². The Bertz CT molecular complexity index is 350. The molecule has 90 valence electrons. The molecule has 4 heteroatoms. The monoisotopic (exact) mass is 223 g/mol. The number of nitrogens with two attached hydrogens (primary N) is 1. The van der Waals surface area contributed by atoms with Crippen molar-refractivity contribution in [2.24, 2.45) is 0 Å². The zero-order chi connectivity index (χ0) is 12.2. The van der Waals surface area contributed by atoms with Crippen molar-refractivity contribution in [3.05, 3.63) is 17.8 Å². The fourth-order valence-corrected chi connectivity index (χ4v) is 1.48. The molecular formula is C12H21N3O. The van der Waals surface area contributed by atoms with Gasteiger partial charge >= 0.3 is 0 Å². The summed E-state index contributed by atoms with van der Waals surface area (Å²) >= 11 is 0. The second-order valence-electron chi connectivity index (χ2n) is 4.50. The van der Waals surface area contributed by atoms with E-state index in [-0.39, 0.29) is 5.60 Å². The van der Waals surface area contributed by atoms with Crippen LogP contribution < -0.4 is 11.1 Å². The van der Waals surface area contributed by atoms with Gasteiger partial charge in [0.2, 0.25) is 0 Å². The third-order valence-electron chi connectivity index (χ3n) is 2.27. The van der Waals surface area contributed by atoms with E-state index >= 15 is 0 Å². The Labute approximate surface area is 97.2 Å². The standard InChI is InChI=1S/C12H21N3O/c1-5-16-12(3,4)8-15-11-10(13)6-9(2)7-14-11/h6-7H,5,8,13H2,1-4H3,(H,14,15). The Morgan fingerprint density at radius 3 is 2.75 bits per heavy atom. The summed E-state index contributed by atoms with van der Waals surface area (Å²) < 4.78 is 5.58. The van der Waals surface area contributed by atoms with Crippen LogP contribution in [0.15, 0.2) is 12.3 Å². The highest BCUT2D eigenvalue weighted by atomic mass is 16.5. The molecule has 0 unspecified atom stereocenters. The van der Waals surface area contributed by atoms with Crippen LogP contribution in [0.4, 0.5) is 11.5 Å². The molecule has 0 aliphatic heterocycles. The van der Waals surface area contributed by atoms with Crippen molar-refractivity contribution in [3.8, 4) is 0 Å². The molecule has 1 aromatic heterocycles. The molecule has 3 N–H and O–H groups in total. The van der Waals surface area contributed by atoms with Crippen molar-refractivity contribution in [3.63, 3.8) is 0 Å². The highest BCUT2D eigenvalue weighted by molar-refractivity contribution is 5.61. The number of hydrogen-bond donors (Lipinski definition) is 2. The van der Waals surface area contributed by atoms with E-state index in [0.717, 1.165) is 11.4 Å². The number of rotatable bonds is 5. The van der Waals surface area contributed by atoms with Gasteiger partial charge < -0.3 is 15.8 Å². The molecule has 0 spiro atoms. The minimum absolute atomic E-state index is 0.215. The van der Waals surface area contributed by atoms with Crippen molar-refractivity contribution < 1.29 is 4.74 Å². The zero-order valence-corrected chi connectivity index (χ0v) is 10.5. The van der Waals surface area contributed by atoms with E-state index in [4.69, 9.17) is 10.5 Å². The number of ether oxygens (including phenoxy) is 1. The Kier molecular flexibility index (Phi) is 4.12. The van der Waals surface area contributed by atoms with Gasteiger partial charge in [-0.1, -0.05) is 0 Å². The van der Waals surface area contributed by atoms with Gasteiger partial charge in [0.05, 0.1) is 11.3 Å². The first-order valence-electron chi connectivity index (χ1n) is 5.54. The van der Waals surface area contributed by atoms with Crippen molar-refractivity contribution in [2.75, 3.05) is 24.2 Å². The number of nitrogens with zero attached hydrogens (tertiary/aromatic N) is 1. The summed E-state index contributed by atoms with van der Waals surface area (Å²) in [6.45, 7) is 9.41. The lowest BCUT2D eigenvalue weighted by Gasteiger charge is -2.25. The predicted octanol–water partition coefficient (Wildman–Crippen LogP) is 2.20. The largest absolute Gasteiger partial charge is 0.396 e. The molecule has 0 aromatic carbocycles. The lowest BCUT2D eigenvalue weighted by Crippen LogP contribution is -2.33. The minimum Gasteiger partial charge on any atom is -0.396 e. The lowest BCUT2D eigenvalue weighted by atomic mass is 10.1. The van der Waals surface area contributed by atoms with Gasteiger partial charge in [-0.25, -0.2) is 4.98 Å². The van der Waals surface area contributed by atoms with E-state index in [2.05, 4.69) is 10.3 Å². The van der Waals surface area contributed by atoms with Crippen LogP contribution in [-0.4, -0.2) is 23.7 Å². The van der Waals surface area contributed by atoms with Gasteiger partial charge in [-0.05, 0) is 39.3 Å². The minimum atomic E-state index is -0.215. The first-order chi connectivity index (χ1) is 7.44. The van der Waals surface area contributed by atoms with E-state index in [0.29, 0.717) is 18.8 Å². The average molecular weight is 223 g/mol. The summed E-state index contributed by atoms with van der Waals surface area (Å²) in [4.78, 5) is 4.25. The molecule has 1 aromatic rings. The summed E-state index contributed by atoms with van der Waals surface area (Å²) in [5.41, 5.74) is 7.38. The fraction of sp³-hybridized carbons (Fsp3) is 0.583. The molecule has 1 rings (SSSR count). The number of pyridine rings is 1. The van der Waals surface area contributed by atoms with E-state index < -0.39 is 0 Å². The molecule has 0 aliphatic carbocycles. The van der Waals surface area contributed by atoms with Gasteiger partial charge in [0.1, 0.15) is 5.82 Å². The third-order valence-corrected chi connectivity index (χ3v) is 2.27. The second kappa shape index (κ2) is 5.16. The topological polar surface area (TPSA) is 60.2 Å². The lowest BCUT2D eigenvalue weighted by molar-refractivity contribution is 0.000656. The highest BCUT2D eigenvalue weighted by Crippen LogP contribution is 2.17. The van der Waals surface area contributed by atoms with Crippen molar-refractivity contribution in [1.29, 1.82) is 0 Å². The second-order valence-corrected chi connectivity index (χ2v) is 4.50. The maximum Gasteiger partial charge on any atom is 0.149 e. The average Bonchev–Trinajstić information content (AvgIpc) is 2.16. The van der Waals surface area contributed by atoms with Gasteiger partial charge in [-0.3, -0.25) is 0 Å². The molecule has 0 aliphatic rings. The van der Waals surface area contributed by atoms with Crippen LogP contribution in [0, 0.1) is 6.92 Å². The van der Waals surface area contributed by atoms with Gasteiger partial charge in [0, 0.05) is 19.3 Å². The number of hydrogen-bond acceptors (Lipinski definition) is 4. The molecule has 16 heavy (non-hydrogen) atoms. The summed E-state index contributed by atoms with van der Waals surface area (Å²) in [6.07, 6.45) is 1.80. The number of aryl methyl sites for hydroxylation is 1. The molecule has 4 nitrogen and oxygen atoms in total. The first kappa shape index (κ1) is 12.8. The number of nitrogen functional groups attached to an aromatic ring is 1. The normalized spacial score (nSPS) is 11.5. The zero-order valence-electron chi connectivity index (χ0n) is 10.5. The van der Waals surface area contributed by atoms with Crippen LogP contribution in [0.25, 0.3) is 0 Å². The SMILES string of the molecule is CCOC(C)(C)CNc1ncc(C)cc1N. The van der Waals surface area contributed by atoms with E-state index in [9.17, 15) is 0 Å². The summed E-state index contributed by atoms with van der Waals surface area (Å²) in [7, 11) is 0. The smallest absolute Gasteiger partial charge is 0.149 e. The first-order valence-corrected chi connectivity index (χ1v) is 5.54. The van der Waals surface area contributed by atoms with Crippen LogP contribution in [-0.2, 0) is 4.74 Å². The van der Waals surface area contributed by atoms with Crippen LogP contribution in [0.3, 0.4) is 0 Å². The van der Waals surface area contributed by atoms with Gasteiger partial charge in [0.25, 0.3) is 0 Å². The molecular weight excluding hydrogens is 202 g/mol. The Morgan fingerprint density at radius 2 is 2.19 bits per heavy atom. The Balaban J connectivity index is 2.61. The molecule has 0 bridgehead atoms. The van der Waals surface area contributed by atoms with Crippen LogP contribution in [0.1, 0.15) is 26.3 Å². The summed E-state index contributed by atoms with van der Waals surface area (Å²) in [5, 5.41) is 3.20. The van der Waals surface area contributed by atoms with E-state index in [1.807, 2.05) is 33.8 Å². The van der Waals surface area contributed by atoms with Gasteiger partial charge in [-0.2, -0.15) is 0 Å². The molecule has 0 saturated carbocycles.